The van der Waals surface area contributed by atoms with Crippen molar-refractivity contribution >= 4 is 17.7 Å². The maximum Gasteiger partial charge on any atom is 0.230 e. The van der Waals surface area contributed by atoms with E-state index in [1.165, 1.54) is 28.9 Å². The molecule has 0 spiro atoms. The largest absolute Gasteiger partial charge is 0.352 e. The Hall–Kier alpha value is -2.09. The van der Waals surface area contributed by atoms with Crippen molar-refractivity contribution in [2.24, 2.45) is 5.92 Å². The molecule has 25 heavy (non-hydrogen) atoms. The second kappa shape index (κ2) is 7.86. The van der Waals surface area contributed by atoms with Crippen LogP contribution in [0.3, 0.4) is 0 Å². The smallest absolute Gasteiger partial charge is 0.230 e. The number of nitrogen functional groups attached to an aromatic ring is 1. The summed E-state index contributed by atoms with van der Waals surface area (Å²) in [5, 5.41) is 11.4. The molecule has 1 aromatic carbocycles. The number of nitrogens with zero attached hydrogens (tertiary/aromatic N) is 3. The number of nitrogens with one attached hydrogen (secondary N) is 1. The maximum atomic E-state index is 13.9. The van der Waals surface area contributed by atoms with Gasteiger partial charge >= 0.3 is 0 Å². The third-order valence-corrected chi connectivity index (χ3v) is 5.51. The first kappa shape index (κ1) is 17.7. The molecule has 1 heterocycles. The highest BCUT2D eigenvalue weighted by molar-refractivity contribution is 7.99. The van der Waals surface area contributed by atoms with Gasteiger partial charge in [0.1, 0.15) is 5.82 Å². The number of aromatic nitrogens is 3. The van der Waals surface area contributed by atoms with Gasteiger partial charge in [0, 0.05) is 6.04 Å². The van der Waals surface area contributed by atoms with E-state index in [4.69, 9.17) is 5.84 Å². The van der Waals surface area contributed by atoms with Crippen LogP contribution in [0.15, 0.2) is 29.4 Å². The molecule has 0 unspecified atom stereocenters. The predicted molar refractivity (Wildman–Crippen MR) is 95.9 cm³/mol. The van der Waals surface area contributed by atoms with E-state index in [1.54, 1.807) is 18.2 Å². The van der Waals surface area contributed by atoms with Gasteiger partial charge in [0.05, 0.1) is 11.3 Å². The Balaban J connectivity index is 1.60. The fourth-order valence-corrected chi connectivity index (χ4v) is 3.78. The first-order valence-corrected chi connectivity index (χ1v) is 9.42. The second-order valence-corrected chi connectivity index (χ2v) is 7.32. The fourth-order valence-electron chi connectivity index (χ4n) is 3.11. The molecule has 0 saturated heterocycles. The van der Waals surface area contributed by atoms with Crippen molar-refractivity contribution in [1.29, 1.82) is 0 Å². The third-order valence-electron chi connectivity index (χ3n) is 4.57. The molecule has 0 bridgehead atoms. The highest BCUT2D eigenvalue weighted by Gasteiger charge is 2.23. The Kier molecular flexibility index (Phi) is 5.57. The van der Waals surface area contributed by atoms with Gasteiger partial charge in [-0.25, -0.2) is 9.07 Å². The van der Waals surface area contributed by atoms with Gasteiger partial charge in [0.15, 0.2) is 5.82 Å². The van der Waals surface area contributed by atoms with Gasteiger partial charge in [-0.1, -0.05) is 43.7 Å². The molecular formula is C17H22FN5OS. The number of thioether (sulfide) groups is 1. The molecule has 3 rings (SSSR count). The van der Waals surface area contributed by atoms with Crippen LogP contribution >= 0.6 is 11.8 Å². The Labute approximate surface area is 150 Å². The van der Waals surface area contributed by atoms with Gasteiger partial charge in [-0.15, -0.1) is 10.2 Å². The van der Waals surface area contributed by atoms with Crippen LogP contribution in [0, 0.1) is 11.7 Å². The highest BCUT2D eigenvalue weighted by Crippen LogP contribution is 2.25. The van der Waals surface area contributed by atoms with Crippen molar-refractivity contribution in [3.8, 4) is 11.4 Å². The van der Waals surface area contributed by atoms with E-state index >= 15 is 0 Å². The Morgan fingerprint density at radius 2 is 2.12 bits per heavy atom. The first-order valence-electron chi connectivity index (χ1n) is 8.44. The SMILES string of the molecule is C[C@H]1CCCC[C@H]1NC(=O)CSc1nnc(-c2ccccc2F)n1N. The van der Waals surface area contributed by atoms with Crippen molar-refractivity contribution in [2.75, 3.05) is 11.6 Å². The van der Waals surface area contributed by atoms with E-state index in [0.717, 1.165) is 19.3 Å². The topological polar surface area (TPSA) is 85.8 Å². The summed E-state index contributed by atoms with van der Waals surface area (Å²) in [5.41, 5.74) is 0.282. The predicted octanol–water partition coefficient (Wildman–Crippen LogP) is 2.58. The standard InChI is InChI=1S/C17H22FN5OS/c1-11-6-2-5-9-14(11)20-15(24)10-25-17-22-21-16(23(17)19)12-7-3-4-8-13(12)18/h3-4,7-8,11,14H,2,5-6,9-10,19H2,1H3,(H,20,24)/t11-,14+/m0/s1. The van der Waals surface area contributed by atoms with E-state index in [0.29, 0.717) is 11.1 Å². The summed E-state index contributed by atoms with van der Waals surface area (Å²) in [6, 6.07) is 6.48. The van der Waals surface area contributed by atoms with Crippen molar-refractivity contribution in [3.05, 3.63) is 30.1 Å². The average Bonchev–Trinajstić information content (AvgIpc) is 2.96. The summed E-state index contributed by atoms with van der Waals surface area (Å²) >= 11 is 1.20. The molecule has 0 radical (unpaired) electrons. The zero-order chi connectivity index (χ0) is 17.8. The van der Waals surface area contributed by atoms with Crippen molar-refractivity contribution in [2.45, 2.75) is 43.8 Å². The van der Waals surface area contributed by atoms with Crippen molar-refractivity contribution in [3.63, 3.8) is 0 Å². The lowest BCUT2D eigenvalue weighted by molar-refractivity contribution is -0.119. The van der Waals surface area contributed by atoms with Crippen LogP contribution in [-0.2, 0) is 4.79 Å². The van der Waals surface area contributed by atoms with Crippen LogP contribution in [0.1, 0.15) is 32.6 Å². The first-order chi connectivity index (χ1) is 12.1. The summed E-state index contributed by atoms with van der Waals surface area (Å²) in [6.07, 6.45) is 4.58. The van der Waals surface area contributed by atoms with Crippen LogP contribution in [0.5, 0.6) is 0 Å². The van der Waals surface area contributed by atoms with E-state index < -0.39 is 5.82 Å². The lowest BCUT2D eigenvalue weighted by Crippen LogP contribution is -2.41. The number of carbonyl (C=O) groups is 1. The zero-order valence-corrected chi connectivity index (χ0v) is 14.9. The van der Waals surface area contributed by atoms with Crippen LogP contribution in [-0.4, -0.2) is 32.6 Å². The molecule has 1 fully saturated rings. The number of hydrogen-bond acceptors (Lipinski definition) is 5. The molecule has 2 atom stereocenters. The Morgan fingerprint density at radius 3 is 2.88 bits per heavy atom. The molecule has 0 aliphatic heterocycles. The summed E-state index contributed by atoms with van der Waals surface area (Å²) in [7, 11) is 0. The van der Waals surface area contributed by atoms with E-state index in [9.17, 15) is 9.18 Å². The minimum absolute atomic E-state index is 0.0424. The quantitative estimate of drug-likeness (QED) is 0.630. The Morgan fingerprint density at radius 1 is 1.36 bits per heavy atom. The van der Waals surface area contributed by atoms with Gasteiger partial charge in [0.25, 0.3) is 0 Å². The second-order valence-electron chi connectivity index (χ2n) is 6.38. The molecule has 2 aromatic rings. The number of nitrogens with two attached hydrogens (primary N) is 1. The van der Waals surface area contributed by atoms with Crippen LogP contribution in [0.25, 0.3) is 11.4 Å². The van der Waals surface area contributed by atoms with Crippen LogP contribution in [0.4, 0.5) is 4.39 Å². The molecular weight excluding hydrogens is 341 g/mol. The number of benzene rings is 1. The molecule has 1 saturated carbocycles. The number of carbonyl (C=O) groups excluding carboxylic acids is 1. The molecule has 1 aromatic heterocycles. The number of halogens is 1. The fraction of sp³-hybridized carbons (Fsp3) is 0.471. The van der Waals surface area contributed by atoms with Gasteiger partial charge in [-0.2, -0.15) is 0 Å². The molecule has 1 aliphatic carbocycles. The van der Waals surface area contributed by atoms with Crippen LogP contribution in [0.2, 0.25) is 0 Å². The molecule has 3 N–H and O–H groups in total. The van der Waals surface area contributed by atoms with E-state index in [2.05, 4.69) is 22.4 Å². The van der Waals surface area contributed by atoms with E-state index in [-0.39, 0.29) is 29.1 Å². The molecule has 1 aliphatic rings. The lowest BCUT2D eigenvalue weighted by atomic mass is 9.86. The maximum absolute atomic E-state index is 13.9. The normalized spacial score (nSPS) is 20.4. The average molecular weight is 363 g/mol. The van der Waals surface area contributed by atoms with Crippen molar-refractivity contribution < 1.29 is 9.18 Å². The molecule has 6 nitrogen and oxygen atoms in total. The van der Waals surface area contributed by atoms with Crippen LogP contribution < -0.4 is 11.2 Å². The van der Waals surface area contributed by atoms with Gasteiger partial charge < -0.3 is 11.2 Å². The summed E-state index contributed by atoms with van der Waals surface area (Å²) in [5.74, 6) is 6.46. The molecule has 134 valence electrons. The van der Waals surface area contributed by atoms with Gasteiger partial charge in [-0.05, 0) is 30.9 Å². The Bertz CT molecular complexity index is 750. The highest BCUT2D eigenvalue weighted by atomic mass is 32.2. The minimum atomic E-state index is -0.415. The number of hydrogen-bond donors (Lipinski definition) is 2. The molecule has 1 amide bonds. The van der Waals surface area contributed by atoms with E-state index in [1.807, 2.05) is 0 Å². The van der Waals surface area contributed by atoms with Gasteiger partial charge in [-0.3, -0.25) is 4.79 Å². The zero-order valence-electron chi connectivity index (χ0n) is 14.1. The number of amides is 1. The minimum Gasteiger partial charge on any atom is -0.352 e. The summed E-state index contributed by atoms with van der Waals surface area (Å²) in [6.45, 7) is 2.18. The summed E-state index contributed by atoms with van der Waals surface area (Å²) < 4.78 is 15.1. The van der Waals surface area contributed by atoms with Crippen molar-refractivity contribution in [1.82, 2.24) is 20.2 Å². The monoisotopic (exact) mass is 363 g/mol. The lowest BCUT2D eigenvalue weighted by Gasteiger charge is -2.29. The van der Waals surface area contributed by atoms with Gasteiger partial charge in [0.2, 0.25) is 11.1 Å². The molecule has 8 heteroatoms. The third kappa shape index (κ3) is 4.12. The summed E-state index contributed by atoms with van der Waals surface area (Å²) in [4.78, 5) is 12.2. The number of rotatable bonds is 5.